The van der Waals surface area contributed by atoms with E-state index in [1.54, 1.807) is 12.4 Å². The quantitative estimate of drug-likeness (QED) is 0.384. The molecule has 31 heavy (non-hydrogen) atoms. The van der Waals surface area contributed by atoms with Gasteiger partial charge in [-0.3, -0.25) is 4.79 Å². The average Bonchev–Trinajstić information content (AvgIpc) is 3.32. The summed E-state index contributed by atoms with van der Waals surface area (Å²) in [5, 5.41) is 9.25. The van der Waals surface area contributed by atoms with E-state index < -0.39 is 5.97 Å². The zero-order valence-electron chi connectivity index (χ0n) is 16.8. The van der Waals surface area contributed by atoms with Gasteiger partial charge < -0.3 is 19.6 Å². The van der Waals surface area contributed by atoms with Crippen LogP contribution in [0.25, 0.3) is 0 Å². The number of imidazole rings is 1. The minimum atomic E-state index is -0.876. The number of nitrogens with zero attached hydrogens (tertiary/aromatic N) is 1. The molecule has 0 amide bonds. The van der Waals surface area contributed by atoms with Gasteiger partial charge in [0.25, 0.3) is 0 Å². The van der Waals surface area contributed by atoms with Crippen LogP contribution in [0, 0.1) is 0 Å². The number of carboxylic acid groups (broad SMARTS) is 1. The topological polar surface area (TPSA) is 84.4 Å². The Hall–Kier alpha value is -4.06. The molecule has 3 aromatic carbocycles. The first kappa shape index (κ1) is 20.2. The molecule has 0 fully saturated rings. The van der Waals surface area contributed by atoms with Crippen molar-refractivity contribution in [3.05, 3.63) is 108 Å². The second kappa shape index (κ2) is 9.63. The van der Waals surface area contributed by atoms with Crippen LogP contribution < -0.4 is 9.47 Å². The van der Waals surface area contributed by atoms with E-state index in [1.165, 1.54) is 0 Å². The van der Waals surface area contributed by atoms with Crippen LogP contribution >= 0.6 is 0 Å². The lowest BCUT2D eigenvalue weighted by atomic mass is 9.95. The molecule has 0 saturated carbocycles. The maximum absolute atomic E-state index is 11.3. The molecule has 0 aliphatic rings. The van der Waals surface area contributed by atoms with E-state index in [4.69, 9.17) is 9.47 Å². The molecule has 1 heterocycles. The van der Waals surface area contributed by atoms with E-state index in [1.807, 2.05) is 78.9 Å². The summed E-state index contributed by atoms with van der Waals surface area (Å²) in [4.78, 5) is 18.5. The fourth-order valence-electron chi connectivity index (χ4n) is 3.30. The third-order valence-corrected chi connectivity index (χ3v) is 4.79. The number of hydrogen-bond donors (Lipinski definition) is 2. The number of nitrogens with one attached hydrogen (secondary N) is 1. The zero-order valence-corrected chi connectivity index (χ0v) is 16.8. The second-order valence-electron chi connectivity index (χ2n) is 7.05. The summed E-state index contributed by atoms with van der Waals surface area (Å²) >= 11 is 0. The number of rotatable bonds is 9. The highest BCUT2D eigenvalue weighted by Crippen LogP contribution is 2.28. The molecular weight excluding hydrogens is 392 g/mol. The predicted octanol–water partition coefficient (Wildman–Crippen LogP) is 5.39. The molecule has 1 unspecified atom stereocenters. The number of aromatic amines is 1. The van der Waals surface area contributed by atoms with Crippen LogP contribution in [-0.2, 0) is 11.4 Å². The van der Waals surface area contributed by atoms with Gasteiger partial charge in [-0.05, 0) is 47.5 Å². The SMILES string of the molecule is O=C(O)CC(c1ccc(OCc2cccc(Oc3ccccc3)c2)cc1)c1ncc[nH]1. The van der Waals surface area contributed by atoms with Gasteiger partial charge in [0.2, 0.25) is 0 Å². The first-order chi connectivity index (χ1) is 15.2. The molecule has 1 aromatic heterocycles. The summed E-state index contributed by atoms with van der Waals surface area (Å²) in [7, 11) is 0. The summed E-state index contributed by atoms with van der Waals surface area (Å²) in [6, 6.07) is 24.8. The zero-order chi connectivity index (χ0) is 21.5. The largest absolute Gasteiger partial charge is 0.489 e. The van der Waals surface area contributed by atoms with Crippen LogP contribution in [0.5, 0.6) is 17.2 Å². The molecule has 0 aliphatic carbocycles. The summed E-state index contributed by atoms with van der Waals surface area (Å²) in [5.41, 5.74) is 1.85. The van der Waals surface area contributed by atoms with Crippen molar-refractivity contribution >= 4 is 5.97 Å². The maximum atomic E-state index is 11.3. The average molecular weight is 414 g/mol. The van der Waals surface area contributed by atoms with E-state index in [-0.39, 0.29) is 12.3 Å². The number of H-pyrrole nitrogens is 1. The minimum absolute atomic E-state index is 0.0398. The number of carbonyl (C=O) groups is 1. The molecule has 4 aromatic rings. The first-order valence-electron chi connectivity index (χ1n) is 9.93. The van der Waals surface area contributed by atoms with Crippen molar-refractivity contribution in [3.63, 3.8) is 0 Å². The van der Waals surface area contributed by atoms with Crippen molar-refractivity contribution in [3.8, 4) is 17.2 Å². The standard InChI is InChI=1S/C25H22N2O4/c28-24(29)16-23(25-26-13-14-27-25)19-9-11-20(12-10-19)30-17-18-5-4-8-22(15-18)31-21-6-2-1-3-7-21/h1-15,23H,16-17H2,(H,26,27)(H,28,29). The van der Waals surface area contributed by atoms with Gasteiger partial charge in [0.1, 0.15) is 29.7 Å². The second-order valence-corrected chi connectivity index (χ2v) is 7.05. The molecule has 6 heteroatoms. The third-order valence-electron chi connectivity index (χ3n) is 4.79. The fourth-order valence-corrected chi connectivity index (χ4v) is 3.30. The Labute approximate surface area is 180 Å². The smallest absolute Gasteiger partial charge is 0.304 e. The number of aromatic nitrogens is 2. The van der Waals surface area contributed by atoms with Crippen LogP contribution in [0.4, 0.5) is 0 Å². The molecule has 0 aliphatic heterocycles. The number of aliphatic carboxylic acids is 1. The van der Waals surface area contributed by atoms with E-state index in [0.717, 1.165) is 22.6 Å². The molecule has 156 valence electrons. The van der Waals surface area contributed by atoms with Gasteiger partial charge in [0, 0.05) is 12.4 Å². The van der Waals surface area contributed by atoms with Crippen LogP contribution in [-0.4, -0.2) is 21.0 Å². The monoisotopic (exact) mass is 414 g/mol. The van der Waals surface area contributed by atoms with Gasteiger partial charge in [-0.1, -0.05) is 42.5 Å². The van der Waals surface area contributed by atoms with E-state index in [2.05, 4.69) is 9.97 Å². The van der Waals surface area contributed by atoms with Gasteiger partial charge in [-0.25, -0.2) is 4.98 Å². The molecular formula is C25H22N2O4. The summed E-state index contributed by atoms with van der Waals surface area (Å²) < 4.78 is 11.8. The van der Waals surface area contributed by atoms with Crippen LogP contribution in [0.2, 0.25) is 0 Å². The Bertz CT molecular complexity index is 1110. The van der Waals surface area contributed by atoms with Crippen molar-refractivity contribution in [2.75, 3.05) is 0 Å². The summed E-state index contributed by atoms with van der Waals surface area (Å²) in [6.45, 7) is 0.391. The van der Waals surface area contributed by atoms with E-state index in [0.29, 0.717) is 18.2 Å². The van der Waals surface area contributed by atoms with Crippen molar-refractivity contribution in [2.45, 2.75) is 18.9 Å². The number of carboxylic acids is 1. The van der Waals surface area contributed by atoms with Crippen LogP contribution in [0.15, 0.2) is 91.3 Å². The Morgan fingerprint density at radius 2 is 1.71 bits per heavy atom. The molecule has 0 bridgehead atoms. The molecule has 2 N–H and O–H groups in total. The highest BCUT2D eigenvalue weighted by molar-refractivity contribution is 5.68. The van der Waals surface area contributed by atoms with Crippen LogP contribution in [0.1, 0.15) is 29.3 Å². The molecule has 0 saturated heterocycles. The Balaban J connectivity index is 1.40. The van der Waals surface area contributed by atoms with Crippen molar-refractivity contribution in [1.82, 2.24) is 9.97 Å². The summed E-state index contributed by atoms with van der Waals surface area (Å²) in [6.07, 6.45) is 3.27. The van der Waals surface area contributed by atoms with Crippen LogP contribution in [0.3, 0.4) is 0 Å². The third kappa shape index (κ3) is 5.51. The Morgan fingerprint density at radius 3 is 2.42 bits per heavy atom. The van der Waals surface area contributed by atoms with Gasteiger partial charge >= 0.3 is 5.97 Å². The molecule has 0 spiro atoms. The Kier molecular flexibility index (Phi) is 6.28. The number of para-hydroxylation sites is 1. The molecule has 1 atom stereocenters. The highest BCUT2D eigenvalue weighted by atomic mass is 16.5. The highest BCUT2D eigenvalue weighted by Gasteiger charge is 2.20. The molecule has 4 rings (SSSR count). The lowest BCUT2D eigenvalue weighted by Gasteiger charge is -2.14. The normalized spacial score (nSPS) is 11.6. The summed E-state index contributed by atoms with van der Waals surface area (Å²) in [5.74, 6) is 1.65. The van der Waals surface area contributed by atoms with E-state index >= 15 is 0 Å². The first-order valence-corrected chi connectivity index (χ1v) is 9.93. The number of benzene rings is 3. The van der Waals surface area contributed by atoms with Gasteiger partial charge in [0.05, 0.1) is 12.3 Å². The number of ether oxygens (including phenoxy) is 2. The van der Waals surface area contributed by atoms with E-state index in [9.17, 15) is 9.90 Å². The van der Waals surface area contributed by atoms with Gasteiger partial charge in [-0.15, -0.1) is 0 Å². The minimum Gasteiger partial charge on any atom is -0.489 e. The fraction of sp³-hybridized carbons (Fsp3) is 0.120. The molecule has 6 nitrogen and oxygen atoms in total. The van der Waals surface area contributed by atoms with Gasteiger partial charge in [-0.2, -0.15) is 0 Å². The molecule has 0 radical (unpaired) electrons. The Morgan fingerprint density at radius 1 is 0.935 bits per heavy atom. The lowest BCUT2D eigenvalue weighted by molar-refractivity contribution is -0.137. The van der Waals surface area contributed by atoms with Crippen molar-refractivity contribution in [2.24, 2.45) is 0 Å². The maximum Gasteiger partial charge on any atom is 0.304 e. The predicted molar refractivity (Wildman–Crippen MR) is 116 cm³/mol. The van der Waals surface area contributed by atoms with Gasteiger partial charge in [0.15, 0.2) is 0 Å². The van der Waals surface area contributed by atoms with Crippen molar-refractivity contribution in [1.29, 1.82) is 0 Å². The lowest BCUT2D eigenvalue weighted by Crippen LogP contribution is -2.09. The number of hydrogen-bond acceptors (Lipinski definition) is 4. The van der Waals surface area contributed by atoms with Crippen molar-refractivity contribution < 1.29 is 19.4 Å².